The maximum atomic E-state index is 12.4. The number of carbonyl (C=O) groups excluding carboxylic acids is 2. The van der Waals surface area contributed by atoms with Crippen LogP contribution in [0, 0.1) is 10.1 Å². The number of hydrogen-bond acceptors (Lipinski definition) is 6. The first kappa shape index (κ1) is 15.7. The summed E-state index contributed by atoms with van der Waals surface area (Å²) in [4.78, 5) is 38.6. The summed E-state index contributed by atoms with van der Waals surface area (Å²) in [7, 11) is 0. The molecule has 0 atom stereocenters. The van der Waals surface area contributed by atoms with Crippen LogP contribution in [-0.4, -0.2) is 33.9 Å². The van der Waals surface area contributed by atoms with Gasteiger partial charge in [0, 0.05) is 19.0 Å². The molecule has 1 aliphatic heterocycles. The summed E-state index contributed by atoms with van der Waals surface area (Å²) in [6, 6.07) is 2.63. The predicted molar refractivity (Wildman–Crippen MR) is 76.4 cm³/mol. The molecule has 118 valence electrons. The van der Waals surface area contributed by atoms with Crippen LogP contribution in [0.2, 0.25) is 0 Å². The van der Waals surface area contributed by atoms with Gasteiger partial charge < -0.3 is 20.6 Å². The lowest BCUT2D eigenvalue weighted by Crippen LogP contribution is -2.53. The minimum atomic E-state index is -1.11. The van der Waals surface area contributed by atoms with E-state index in [2.05, 4.69) is 4.98 Å². The van der Waals surface area contributed by atoms with Gasteiger partial charge in [0.05, 0.1) is 0 Å². The Morgan fingerprint density at radius 3 is 2.77 bits per heavy atom. The number of nitro groups is 1. The Balaban J connectivity index is 2.37. The average molecular weight is 308 g/mol. The lowest BCUT2D eigenvalue weighted by molar-refractivity contribution is -0.389. The van der Waals surface area contributed by atoms with Crippen molar-refractivity contribution < 1.29 is 19.2 Å². The van der Waals surface area contributed by atoms with Gasteiger partial charge in [0.15, 0.2) is 11.4 Å². The molecule has 0 aromatic carbocycles. The molecule has 1 aromatic heterocycles. The fourth-order valence-electron chi connectivity index (χ4n) is 2.16. The molecule has 0 bridgehead atoms. The highest BCUT2D eigenvalue weighted by molar-refractivity contribution is 6.01. The number of carbonyl (C=O) groups is 2. The largest absolute Gasteiger partial charge is 0.472 e. The fourth-order valence-corrected chi connectivity index (χ4v) is 2.16. The number of anilines is 1. The van der Waals surface area contributed by atoms with Gasteiger partial charge in [0.25, 0.3) is 11.7 Å². The summed E-state index contributed by atoms with van der Waals surface area (Å²) in [5, 5.41) is 10.8. The van der Waals surface area contributed by atoms with Crippen molar-refractivity contribution in [1.82, 2.24) is 4.98 Å². The zero-order valence-corrected chi connectivity index (χ0v) is 12.2. The molecule has 1 aliphatic rings. The molecule has 0 aliphatic carbocycles. The van der Waals surface area contributed by atoms with Crippen LogP contribution in [0.25, 0.3) is 0 Å². The van der Waals surface area contributed by atoms with Crippen LogP contribution in [-0.2, 0) is 9.59 Å². The van der Waals surface area contributed by atoms with Gasteiger partial charge in [-0.1, -0.05) is 0 Å². The fraction of sp³-hybridized carbons (Fsp3) is 0.462. The van der Waals surface area contributed by atoms with Gasteiger partial charge >= 0.3 is 5.82 Å². The summed E-state index contributed by atoms with van der Waals surface area (Å²) >= 11 is 0. The van der Waals surface area contributed by atoms with Gasteiger partial charge in [-0.2, -0.15) is 0 Å². The van der Waals surface area contributed by atoms with Crippen LogP contribution in [0.15, 0.2) is 12.1 Å². The highest BCUT2D eigenvalue weighted by Gasteiger charge is 2.44. The van der Waals surface area contributed by atoms with Crippen molar-refractivity contribution in [3.63, 3.8) is 0 Å². The summed E-state index contributed by atoms with van der Waals surface area (Å²) in [6.45, 7) is 3.37. The second-order valence-corrected chi connectivity index (χ2v) is 5.39. The number of nitrogens with two attached hydrogens (primary N) is 1. The van der Waals surface area contributed by atoms with Gasteiger partial charge in [-0.25, -0.2) is 0 Å². The number of primary amides is 1. The zero-order chi connectivity index (χ0) is 16.5. The normalized spacial score (nSPS) is 15.9. The number of nitrogens with zero attached hydrogens (tertiary/aromatic N) is 3. The Labute approximate surface area is 126 Å². The van der Waals surface area contributed by atoms with Gasteiger partial charge in [0.2, 0.25) is 5.91 Å². The van der Waals surface area contributed by atoms with Crippen molar-refractivity contribution in [3.8, 4) is 5.75 Å². The van der Waals surface area contributed by atoms with Gasteiger partial charge in [-0.3, -0.25) is 14.5 Å². The molecule has 9 heteroatoms. The minimum absolute atomic E-state index is 0.0861. The van der Waals surface area contributed by atoms with E-state index in [4.69, 9.17) is 10.5 Å². The highest BCUT2D eigenvalue weighted by atomic mass is 16.6. The van der Waals surface area contributed by atoms with E-state index in [1.807, 2.05) is 0 Å². The van der Waals surface area contributed by atoms with E-state index >= 15 is 0 Å². The molecule has 2 amide bonds. The first-order chi connectivity index (χ1) is 10.2. The molecule has 0 saturated heterocycles. The predicted octanol–water partition coefficient (Wildman–Crippen LogP) is 0.759. The molecular weight excluding hydrogens is 292 g/mol. The van der Waals surface area contributed by atoms with Crippen molar-refractivity contribution >= 4 is 23.5 Å². The number of hydrogen-bond donors (Lipinski definition) is 1. The van der Waals surface area contributed by atoms with Crippen molar-refractivity contribution in [2.45, 2.75) is 32.3 Å². The van der Waals surface area contributed by atoms with E-state index in [0.29, 0.717) is 6.42 Å². The molecular formula is C13H16N4O5. The molecule has 0 radical (unpaired) electrons. The van der Waals surface area contributed by atoms with E-state index in [1.165, 1.54) is 17.0 Å². The number of amides is 2. The number of pyridine rings is 1. The first-order valence-electron chi connectivity index (χ1n) is 6.67. The summed E-state index contributed by atoms with van der Waals surface area (Å²) in [5.41, 5.74) is 3.97. The highest BCUT2D eigenvalue weighted by Crippen LogP contribution is 2.37. The van der Waals surface area contributed by atoms with Crippen molar-refractivity contribution in [2.75, 3.05) is 11.4 Å². The molecule has 2 rings (SSSR count). The number of fused-ring (bicyclic) bond motifs is 1. The van der Waals surface area contributed by atoms with E-state index in [0.717, 1.165) is 0 Å². The molecule has 0 fully saturated rings. The first-order valence-corrected chi connectivity index (χ1v) is 6.67. The molecule has 0 spiro atoms. The Bertz CT molecular complexity index is 643. The van der Waals surface area contributed by atoms with E-state index in [1.54, 1.807) is 13.8 Å². The van der Waals surface area contributed by atoms with Gasteiger partial charge in [0.1, 0.15) is 0 Å². The molecule has 2 N–H and O–H groups in total. The van der Waals surface area contributed by atoms with Crippen LogP contribution in [0.4, 0.5) is 11.6 Å². The third-order valence-electron chi connectivity index (χ3n) is 3.20. The van der Waals surface area contributed by atoms with E-state index in [9.17, 15) is 19.7 Å². The number of rotatable bonds is 5. The van der Waals surface area contributed by atoms with Crippen molar-refractivity contribution in [3.05, 3.63) is 22.2 Å². The molecule has 9 nitrogen and oxygen atoms in total. The van der Waals surface area contributed by atoms with Crippen LogP contribution < -0.4 is 15.4 Å². The molecule has 0 unspecified atom stereocenters. The lowest BCUT2D eigenvalue weighted by Gasteiger charge is -2.35. The summed E-state index contributed by atoms with van der Waals surface area (Å²) < 4.78 is 5.56. The van der Waals surface area contributed by atoms with Crippen molar-refractivity contribution in [2.24, 2.45) is 5.73 Å². The molecule has 22 heavy (non-hydrogen) atoms. The van der Waals surface area contributed by atoms with Crippen LogP contribution in [0.5, 0.6) is 5.75 Å². The second kappa shape index (κ2) is 5.58. The topological polar surface area (TPSA) is 129 Å². The standard InChI is InChI=1S/C13H16N4O5/c1-13(2)12(19)16(7-3-4-9(14)18)11-8(22-13)5-6-10(15-11)17(20)21/h5-6H,3-4,7H2,1-2H3,(H2,14,18). The zero-order valence-electron chi connectivity index (χ0n) is 12.2. The maximum Gasteiger partial charge on any atom is 0.366 e. The smallest absolute Gasteiger partial charge is 0.366 e. The third kappa shape index (κ3) is 2.97. The summed E-state index contributed by atoms with van der Waals surface area (Å²) in [6.07, 6.45) is 0.441. The Kier molecular flexibility index (Phi) is 3.98. The third-order valence-corrected chi connectivity index (χ3v) is 3.20. The van der Waals surface area contributed by atoms with Gasteiger partial charge in [-0.05, 0) is 36.2 Å². The lowest BCUT2D eigenvalue weighted by atomic mass is 10.0. The molecule has 2 heterocycles. The minimum Gasteiger partial charge on any atom is -0.472 e. The van der Waals surface area contributed by atoms with Crippen LogP contribution in [0.3, 0.4) is 0 Å². The monoisotopic (exact) mass is 308 g/mol. The van der Waals surface area contributed by atoms with Crippen LogP contribution in [0.1, 0.15) is 26.7 Å². The van der Waals surface area contributed by atoms with Gasteiger partial charge in [-0.15, -0.1) is 0 Å². The molecule has 0 saturated carbocycles. The van der Waals surface area contributed by atoms with E-state index in [-0.39, 0.29) is 36.3 Å². The number of ether oxygens (including phenoxy) is 1. The second-order valence-electron chi connectivity index (χ2n) is 5.39. The Morgan fingerprint density at radius 1 is 1.50 bits per heavy atom. The number of aromatic nitrogens is 1. The van der Waals surface area contributed by atoms with Crippen LogP contribution >= 0.6 is 0 Å². The quantitative estimate of drug-likeness (QED) is 0.631. The maximum absolute atomic E-state index is 12.4. The molecule has 1 aromatic rings. The van der Waals surface area contributed by atoms with E-state index < -0.39 is 16.4 Å². The van der Waals surface area contributed by atoms with Crippen molar-refractivity contribution in [1.29, 1.82) is 0 Å². The SMILES string of the molecule is CC1(C)Oc2ccc([N+](=O)[O-])nc2N(CCCC(N)=O)C1=O. The average Bonchev–Trinajstić information content (AvgIpc) is 2.41. The summed E-state index contributed by atoms with van der Waals surface area (Å²) in [5.74, 6) is -0.864. The Hall–Kier alpha value is -2.71. The Morgan fingerprint density at radius 2 is 2.18 bits per heavy atom.